The lowest BCUT2D eigenvalue weighted by molar-refractivity contribution is 0.117. The maximum atomic E-state index is 5.63. The summed E-state index contributed by atoms with van der Waals surface area (Å²) < 4.78 is 5.63. The third-order valence-electron chi connectivity index (χ3n) is 4.78. The van der Waals surface area contributed by atoms with E-state index >= 15 is 0 Å². The third-order valence-corrected chi connectivity index (χ3v) is 4.78. The Hall–Kier alpha value is -0.810. The normalized spacial score (nSPS) is 24.0. The van der Waals surface area contributed by atoms with Crippen molar-refractivity contribution < 1.29 is 4.74 Å². The Morgan fingerprint density at radius 1 is 1.14 bits per heavy atom. The van der Waals surface area contributed by atoms with E-state index in [2.05, 4.69) is 34.5 Å². The molecular formula is C17H34N4O. The van der Waals surface area contributed by atoms with Crippen molar-refractivity contribution in [3.05, 3.63) is 0 Å². The zero-order valence-corrected chi connectivity index (χ0v) is 14.4. The third kappa shape index (κ3) is 6.13. The molecule has 1 heterocycles. The van der Waals surface area contributed by atoms with Crippen molar-refractivity contribution in [2.75, 3.05) is 39.8 Å². The molecule has 2 rings (SSSR count). The first-order valence-electron chi connectivity index (χ1n) is 9.13. The van der Waals surface area contributed by atoms with Crippen LogP contribution in [0.3, 0.4) is 0 Å². The van der Waals surface area contributed by atoms with Crippen LogP contribution in [0.4, 0.5) is 0 Å². The fourth-order valence-corrected chi connectivity index (χ4v) is 3.38. The van der Waals surface area contributed by atoms with E-state index in [9.17, 15) is 0 Å². The topological polar surface area (TPSA) is 48.9 Å². The molecule has 2 fully saturated rings. The van der Waals surface area contributed by atoms with Gasteiger partial charge in [-0.3, -0.25) is 4.99 Å². The lowest BCUT2D eigenvalue weighted by Crippen LogP contribution is -2.43. The molecule has 128 valence electrons. The fraction of sp³-hybridized carbons (Fsp3) is 0.941. The molecular weight excluding hydrogens is 276 g/mol. The summed E-state index contributed by atoms with van der Waals surface area (Å²) in [4.78, 5) is 7.17. The van der Waals surface area contributed by atoms with E-state index in [0.717, 1.165) is 51.2 Å². The lowest BCUT2D eigenvalue weighted by atomic mass is 9.94. The van der Waals surface area contributed by atoms with Gasteiger partial charge >= 0.3 is 0 Å². The van der Waals surface area contributed by atoms with Gasteiger partial charge in [-0.1, -0.05) is 19.3 Å². The van der Waals surface area contributed by atoms with Crippen LogP contribution in [0.2, 0.25) is 0 Å². The second kappa shape index (κ2) is 10.1. The molecule has 1 aliphatic carbocycles. The quantitative estimate of drug-likeness (QED) is 0.558. The minimum atomic E-state index is 0.320. The maximum absolute atomic E-state index is 5.63. The average Bonchev–Trinajstić information content (AvgIpc) is 3.06. The number of guanidine groups is 1. The van der Waals surface area contributed by atoms with Crippen LogP contribution < -0.4 is 10.6 Å². The predicted octanol–water partition coefficient (Wildman–Crippen LogP) is 1.99. The first-order valence-corrected chi connectivity index (χ1v) is 9.13. The van der Waals surface area contributed by atoms with E-state index in [1.807, 2.05) is 0 Å². The van der Waals surface area contributed by atoms with Crippen molar-refractivity contribution in [2.24, 2.45) is 4.99 Å². The molecule has 0 amide bonds. The molecule has 2 aliphatic rings. The molecule has 0 radical (unpaired) electrons. The fourth-order valence-electron chi connectivity index (χ4n) is 3.38. The summed E-state index contributed by atoms with van der Waals surface area (Å²) in [6, 6.07) is 0.780. The highest BCUT2D eigenvalue weighted by molar-refractivity contribution is 5.79. The highest BCUT2D eigenvalue weighted by atomic mass is 16.5. The Morgan fingerprint density at radius 2 is 1.95 bits per heavy atom. The van der Waals surface area contributed by atoms with E-state index in [0.29, 0.717) is 6.10 Å². The van der Waals surface area contributed by atoms with Crippen LogP contribution in [-0.2, 0) is 4.74 Å². The highest BCUT2D eigenvalue weighted by Crippen LogP contribution is 2.21. The van der Waals surface area contributed by atoms with E-state index in [4.69, 9.17) is 4.74 Å². The first kappa shape index (κ1) is 17.5. The molecule has 5 heteroatoms. The monoisotopic (exact) mass is 310 g/mol. The molecule has 2 N–H and O–H groups in total. The van der Waals surface area contributed by atoms with Crippen LogP contribution in [0.5, 0.6) is 0 Å². The van der Waals surface area contributed by atoms with Crippen LogP contribution in [-0.4, -0.2) is 62.8 Å². The SMILES string of the molecule is CCNC(=NCC1CCCO1)NCCN(C)C1CCCCC1. The molecule has 0 aromatic heterocycles. The number of ether oxygens (including phenoxy) is 1. The van der Waals surface area contributed by atoms with Gasteiger partial charge in [0.15, 0.2) is 5.96 Å². The molecule has 0 spiro atoms. The number of nitrogens with one attached hydrogen (secondary N) is 2. The van der Waals surface area contributed by atoms with Crippen molar-refractivity contribution in [2.45, 2.75) is 64.0 Å². The van der Waals surface area contributed by atoms with Crippen LogP contribution in [0.1, 0.15) is 51.9 Å². The minimum absolute atomic E-state index is 0.320. The lowest BCUT2D eigenvalue weighted by Gasteiger charge is -2.31. The van der Waals surface area contributed by atoms with Gasteiger partial charge < -0.3 is 20.3 Å². The summed E-state index contributed by atoms with van der Waals surface area (Å²) in [5, 5.41) is 6.78. The summed E-state index contributed by atoms with van der Waals surface area (Å²) in [6.07, 6.45) is 9.59. The van der Waals surface area contributed by atoms with Gasteiger partial charge in [0.25, 0.3) is 0 Å². The molecule has 1 saturated heterocycles. The molecule has 1 aliphatic heterocycles. The second-order valence-electron chi connectivity index (χ2n) is 6.55. The summed E-state index contributed by atoms with van der Waals surface area (Å²) in [7, 11) is 2.26. The van der Waals surface area contributed by atoms with E-state index < -0.39 is 0 Å². The molecule has 5 nitrogen and oxygen atoms in total. The van der Waals surface area contributed by atoms with Gasteiger partial charge in [-0.25, -0.2) is 0 Å². The van der Waals surface area contributed by atoms with Gasteiger partial charge in [-0.2, -0.15) is 0 Å². The molecule has 0 aromatic carbocycles. The standard InChI is InChI=1S/C17H34N4O/c1-3-18-17(20-14-16-10-7-13-22-16)19-11-12-21(2)15-8-5-4-6-9-15/h15-16H,3-14H2,1-2H3,(H2,18,19,20). The Kier molecular flexibility index (Phi) is 8.02. The number of nitrogens with zero attached hydrogens (tertiary/aromatic N) is 2. The van der Waals surface area contributed by atoms with Crippen molar-refractivity contribution in [3.8, 4) is 0 Å². The number of hydrogen-bond donors (Lipinski definition) is 2. The summed E-state index contributed by atoms with van der Waals surface area (Å²) >= 11 is 0. The van der Waals surface area contributed by atoms with Crippen LogP contribution >= 0.6 is 0 Å². The van der Waals surface area contributed by atoms with Gasteiger partial charge in [-0.05, 0) is 39.7 Å². The van der Waals surface area contributed by atoms with Crippen LogP contribution in [0.25, 0.3) is 0 Å². The summed E-state index contributed by atoms with van der Waals surface area (Å²) in [5.74, 6) is 0.926. The van der Waals surface area contributed by atoms with Gasteiger partial charge in [0.05, 0.1) is 12.6 Å². The molecule has 22 heavy (non-hydrogen) atoms. The molecule has 0 aromatic rings. The first-order chi connectivity index (χ1) is 10.8. The molecule has 0 bridgehead atoms. The smallest absolute Gasteiger partial charge is 0.191 e. The van der Waals surface area contributed by atoms with E-state index in [1.165, 1.54) is 38.5 Å². The van der Waals surface area contributed by atoms with E-state index in [-0.39, 0.29) is 0 Å². The molecule has 1 unspecified atom stereocenters. The minimum Gasteiger partial charge on any atom is -0.376 e. The average molecular weight is 310 g/mol. The van der Waals surface area contributed by atoms with E-state index in [1.54, 1.807) is 0 Å². The van der Waals surface area contributed by atoms with Crippen molar-refractivity contribution in [1.29, 1.82) is 0 Å². The van der Waals surface area contributed by atoms with Crippen LogP contribution in [0, 0.1) is 0 Å². The molecule has 1 atom stereocenters. The zero-order chi connectivity index (χ0) is 15.6. The summed E-state index contributed by atoms with van der Waals surface area (Å²) in [6.45, 7) is 6.71. The Morgan fingerprint density at radius 3 is 2.64 bits per heavy atom. The van der Waals surface area contributed by atoms with Crippen molar-refractivity contribution >= 4 is 5.96 Å². The number of rotatable bonds is 7. The predicted molar refractivity (Wildman–Crippen MR) is 92.5 cm³/mol. The maximum Gasteiger partial charge on any atom is 0.191 e. The summed E-state index contributed by atoms with van der Waals surface area (Å²) in [5.41, 5.74) is 0. The van der Waals surface area contributed by atoms with Crippen molar-refractivity contribution in [1.82, 2.24) is 15.5 Å². The van der Waals surface area contributed by atoms with Gasteiger partial charge in [-0.15, -0.1) is 0 Å². The number of aliphatic imine (C=N–C) groups is 1. The van der Waals surface area contributed by atoms with Crippen LogP contribution in [0.15, 0.2) is 4.99 Å². The Balaban J connectivity index is 1.67. The highest BCUT2D eigenvalue weighted by Gasteiger charge is 2.17. The zero-order valence-electron chi connectivity index (χ0n) is 14.4. The number of likely N-dealkylation sites (N-methyl/N-ethyl adjacent to an activating group) is 1. The Labute approximate surface area is 135 Å². The van der Waals surface area contributed by atoms with Gasteiger partial charge in [0, 0.05) is 32.3 Å². The Bertz CT molecular complexity index is 323. The van der Waals surface area contributed by atoms with Gasteiger partial charge in [0.1, 0.15) is 0 Å². The number of hydrogen-bond acceptors (Lipinski definition) is 3. The largest absolute Gasteiger partial charge is 0.376 e. The molecule has 1 saturated carbocycles. The van der Waals surface area contributed by atoms with Gasteiger partial charge in [0.2, 0.25) is 0 Å². The van der Waals surface area contributed by atoms with Crippen molar-refractivity contribution in [3.63, 3.8) is 0 Å². The second-order valence-corrected chi connectivity index (χ2v) is 6.55.